The van der Waals surface area contributed by atoms with Crippen LogP contribution in [0.15, 0.2) is 70.5 Å². The second kappa shape index (κ2) is 10.1. The number of hydrogen-bond acceptors (Lipinski definition) is 7. The van der Waals surface area contributed by atoms with Crippen LogP contribution in [0.25, 0.3) is 0 Å². The zero-order chi connectivity index (χ0) is 27.9. The van der Waals surface area contributed by atoms with Gasteiger partial charge >= 0.3 is 0 Å². The van der Waals surface area contributed by atoms with Gasteiger partial charge in [-0.25, -0.2) is 25.5 Å². The van der Waals surface area contributed by atoms with Crippen molar-refractivity contribution in [1.82, 2.24) is 4.31 Å². The summed E-state index contributed by atoms with van der Waals surface area (Å²) in [4.78, 5) is 14.9. The Balaban J connectivity index is 1.48. The Morgan fingerprint density at radius 3 is 2.21 bits per heavy atom. The van der Waals surface area contributed by atoms with Crippen molar-refractivity contribution in [2.45, 2.75) is 16.2 Å². The molecule has 0 N–H and O–H groups in total. The number of ether oxygens (including phenoxy) is 2. The molecule has 206 valence electrons. The third kappa shape index (κ3) is 5.04. The lowest BCUT2D eigenvalue weighted by molar-refractivity contribution is -0.117. The van der Waals surface area contributed by atoms with Crippen molar-refractivity contribution >= 4 is 37.3 Å². The van der Waals surface area contributed by atoms with E-state index < -0.39 is 38.3 Å². The van der Waals surface area contributed by atoms with Gasteiger partial charge < -0.3 is 14.4 Å². The monoisotopic (exact) mass is 575 g/mol. The molecular formula is C26H26FN3O7S2. The summed E-state index contributed by atoms with van der Waals surface area (Å²) in [5.41, 5.74) is 1.27. The zero-order valence-corrected chi connectivity index (χ0v) is 22.8. The quantitative estimate of drug-likeness (QED) is 0.426. The van der Waals surface area contributed by atoms with E-state index in [0.29, 0.717) is 30.0 Å². The minimum atomic E-state index is -4.30. The lowest BCUT2D eigenvalue weighted by atomic mass is 10.2. The first kappa shape index (κ1) is 26.9. The van der Waals surface area contributed by atoms with Gasteiger partial charge in [-0.15, -0.1) is 0 Å². The topological polar surface area (TPSA) is 114 Å². The van der Waals surface area contributed by atoms with Crippen LogP contribution in [0.3, 0.4) is 0 Å². The Morgan fingerprint density at radius 1 is 0.872 bits per heavy atom. The van der Waals surface area contributed by atoms with Crippen LogP contribution in [0.2, 0.25) is 0 Å². The number of carbonyl (C=O) groups is 1. The lowest BCUT2D eigenvalue weighted by Crippen LogP contribution is -2.42. The summed E-state index contributed by atoms with van der Waals surface area (Å²) in [6, 6.07) is 13.5. The van der Waals surface area contributed by atoms with Crippen molar-refractivity contribution in [1.29, 1.82) is 0 Å². The minimum absolute atomic E-state index is 0.103. The van der Waals surface area contributed by atoms with E-state index in [1.807, 2.05) is 0 Å². The molecule has 0 saturated carbocycles. The summed E-state index contributed by atoms with van der Waals surface area (Å²) in [5.74, 6) is -0.403. The summed E-state index contributed by atoms with van der Waals surface area (Å²) >= 11 is 0. The van der Waals surface area contributed by atoms with Crippen LogP contribution < -0.4 is 18.7 Å². The zero-order valence-electron chi connectivity index (χ0n) is 21.2. The van der Waals surface area contributed by atoms with Crippen molar-refractivity contribution in [2.24, 2.45) is 0 Å². The number of halogens is 1. The Morgan fingerprint density at radius 2 is 1.51 bits per heavy atom. The molecule has 5 rings (SSSR count). The van der Waals surface area contributed by atoms with Crippen LogP contribution in [0.1, 0.15) is 5.56 Å². The fourth-order valence-corrected chi connectivity index (χ4v) is 6.83. The first-order valence-electron chi connectivity index (χ1n) is 12.0. The molecule has 0 aliphatic carbocycles. The van der Waals surface area contributed by atoms with Gasteiger partial charge in [0.15, 0.2) is 11.5 Å². The smallest absolute Gasteiger partial charge is 0.264 e. The molecular weight excluding hydrogens is 549 g/mol. The van der Waals surface area contributed by atoms with Gasteiger partial charge in [0.25, 0.3) is 10.0 Å². The highest BCUT2D eigenvalue weighted by Gasteiger charge is 2.33. The highest BCUT2D eigenvalue weighted by atomic mass is 32.2. The average Bonchev–Trinajstić information content (AvgIpc) is 3.35. The van der Waals surface area contributed by atoms with Gasteiger partial charge in [0.2, 0.25) is 15.9 Å². The van der Waals surface area contributed by atoms with E-state index in [-0.39, 0.29) is 34.4 Å². The summed E-state index contributed by atoms with van der Waals surface area (Å²) in [7, 11) is -5.08. The number of hydrogen-bond donors (Lipinski definition) is 0. The molecule has 0 bridgehead atoms. The molecule has 13 heteroatoms. The van der Waals surface area contributed by atoms with Gasteiger partial charge in [-0.3, -0.25) is 9.10 Å². The van der Waals surface area contributed by atoms with Gasteiger partial charge in [-0.2, -0.15) is 0 Å². The first-order valence-corrected chi connectivity index (χ1v) is 14.9. The van der Waals surface area contributed by atoms with Crippen LogP contribution in [-0.4, -0.2) is 67.4 Å². The highest BCUT2D eigenvalue weighted by Crippen LogP contribution is 2.35. The predicted molar refractivity (Wildman–Crippen MR) is 142 cm³/mol. The maximum atomic E-state index is 13.8. The van der Waals surface area contributed by atoms with Crippen molar-refractivity contribution < 1.29 is 35.5 Å². The van der Waals surface area contributed by atoms with Gasteiger partial charge in [-0.1, -0.05) is 0 Å². The number of amides is 1. The largest absolute Gasteiger partial charge is 0.486 e. The third-order valence-electron chi connectivity index (χ3n) is 6.52. The summed E-state index contributed by atoms with van der Waals surface area (Å²) in [6.07, 6.45) is 0.406. The molecule has 0 spiro atoms. The molecule has 0 fully saturated rings. The molecule has 2 aliphatic heterocycles. The number of carbonyl (C=O) groups excluding carboxylic acids is 1. The number of benzene rings is 3. The average molecular weight is 576 g/mol. The molecule has 0 aromatic heterocycles. The molecule has 10 nitrogen and oxygen atoms in total. The molecule has 39 heavy (non-hydrogen) atoms. The third-order valence-corrected chi connectivity index (χ3v) is 10.1. The molecule has 2 aliphatic rings. The van der Waals surface area contributed by atoms with Crippen LogP contribution in [0.4, 0.5) is 15.8 Å². The molecule has 3 aromatic rings. The van der Waals surface area contributed by atoms with E-state index in [1.165, 1.54) is 61.5 Å². The molecule has 0 radical (unpaired) electrons. The number of rotatable bonds is 7. The normalized spacial score (nSPS) is 14.8. The van der Waals surface area contributed by atoms with E-state index in [1.54, 1.807) is 6.07 Å². The van der Waals surface area contributed by atoms with Gasteiger partial charge in [0.05, 0.1) is 15.5 Å². The Kier molecular flexibility index (Phi) is 6.99. The standard InChI is InChI=1S/C26H26FN3O7S2/c1-28(2)38(32,33)21-7-9-23-18(15-21)11-12-29(23)26(31)17-30(20-5-3-19(27)4-6-20)39(34,35)22-8-10-24-25(16-22)37-14-13-36-24/h3-10,15-16H,11-14,17H2,1-2H3. The SMILES string of the molecule is CN(C)S(=O)(=O)c1ccc2c(c1)CCN2C(=O)CN(c1ccc(F)cc1)S(=O)(=O)c1ccc2c(c1)OCCO2. The van der Waals surface area contributed by atoms with Crippen molar-refractivity contribution in [3.8, 4) is 11.5 Å². The lowest BCUT2D eigenvalue weighted by Gasteiger charge is -2.27. The fraction of sp³-hybridized carbons (Fsp3) is 0.269. The van der Waals surface area contributed by atoms with Gasteiger partial charge in [0, 0.05) is 32.4 Å². The van der Waals surface area contributed by atoms with Crippen LogP contribution in [0.5, 0.6) is 11.5 Å². The fourth-order valence-electron chi connectivity index (χ4n) is 4.45. The molecule has 0 atom stereocenters. The number of anilines is 2. The Hall–Kier alpha value is -3.68. The van der Waals surface area contributed by atoms with Crippen LogP contribution >= 0.6 is 0 Å². The molecule has 1 amide bonds. The predicted octanol–water partition coefficient (Wildman–Crippen LogP) is 2.63. The van der Waals surface area contributed by atoms with Crippen molar-refractivity contribution in [2.75, 3.05) is 49.6 Å². The van der Waals surface area contributed by atoms with Gasteiger partial charge in [-0.05, 0) is 66.6 Å². The number of fused-ring (bicyclic) bond motifs is 2. The minimum Gasteiger partial charge on any atom is -0.486 e. The number of nitrogens with zero attached hydrogens (tertiary/aromatic N) is 3. The summed E-state index contributed by atoms with van der Waals surface area (Å²) < 4.78 is 79.4. The highest BCUT2D eigenvalue weighted by molar-refractivity contribution is 7.92. The van der Waals surface area contributed by atoms with Crippen LogP contribution in [0, 0.1) is 5.82 Å². The number of sulfonamides is 2. The van der Waals surface area contributed by atoms with E-state index >= 15 is 0 Å². The van der Waals surface area contributed by atoms with Crippen molar-refractivity contribution in [3.63, 3.8) is 0 Å². The molecule has 0 saturated heterocycles. The maximum absolute atomic E-state index is 13.8. The summed E-state index contributed by atoms with van der Waals surface area (Å²) in [5, 5.41) is 0. The molecule has 3 aromatic carbocycles. The van der Waals surface area contributed by atoms with E-state index in [0.717, 1.165) is 20.7 Å². The Bertz CT molecular complexity index is 1640. The summed E-state index contributed by atoms with van der Waals surface area (Å²) in [6.45, 7) is 0.290. The molecule has 0 unspecified atom stereocenters. The van der Waals surface area contributed by atoms with Gasteiger partial charge in [0.1, 0.15) is 25.6 Å². The van der Waals surface area contributed by atoms with E-state index in [2.05, 4.69) is 0 Å². The van der Waals surface area contributed by atoms with Crippen LogP contribution in [-0.2, 0) is 31.3 Å². The van der Waals surface area contributed by atoms with E-state index in [4.69, 9.17) is 9.47 Å². The second-order valence-corrected chi connectivity index (χ2v) is 13.2. The Labute approximate surface area is 226 Å². The van der Waals surface area contributed by atoms with Crippen molar-refractivity contribution in [3.05, 3.63) is 72.0 Å². The maximum Gasteiger partial charge on any atom is 0.264 e. The molecule has 2 heterocycles. The first-order chi connectivity index (χ1) is 18.5. The second-order valence-electron chi connectivity index (χ2n) is 9.17. The van der Waals surface area contributed by atoms with E-state index in [9.17, 15) is 26.0 Å².